The molecule has 2 rings (SSSR count). The third-order valence-corrected chi connectivity index (χ3v) is 3.85. The van der Waals surface area contributed by atoms with Crippen molar-refractivity contribution in [2.24, 2.45) is 0 Å². The molecule has 0 aliphatic carbocycles. The van der Waals surface area contributed by atoms with E-state index in [0.29, 0.717) is 16.3 Å². The van der Waals surface area contributed by atoms with Gasteiger partial charge in [0, 0.05) is 16.1 Å². The van der Waals surface area contributed by atoms with Crippen molar-refractivity contribution in [1.29, 1.82) is 0 Å². The first-order chi connectivity index (χ1) is 12.3. The fourth-order valence-electron chi connectivity index (χ4n) is 2.12. The minimum Gasteiger partial charge on any atom is -0.478 e. The smallest absolute Gasteiger partial charge is 0.264 e. The lowest BCUT2D eigenvalue weighted by Gasteiger charge is -2.24. The summed E-state index contributed by atoms with van der Waals surface area (Å²) in [5, 5.41) is 3.34. The van der Waals surface area contributed by atoms with E-state index in [1.807, 2.05) is 0 Å². The molecule has 0 fully saturated rings. The van der Waals surface area contributed by atoms with Crippen LogP contribution < -0.4 is 10.1 Å². The van der Waals surface area contributed by atoms with Gasteiger partial charge in [-0.3, -0.25) is 9.59 Å². The lowest BCUT2D eigenvalue weighted by atomic mass is 10.1. The molecule has 0 aliphatic heterocycles. The van der Waals surface area contributed by atoms with Gasteiger partial charge in [-0.15, -0.1) is 0 Å². The van der Waals surface area contributed by atoms with Gasteiger partial charge in [0.15, 0.2) is 11.4 Å². The van der Waals surface area contributed by atoms with Crippen LogP contribution in [0.3, 0.4) is 0 Å². The fourth-order valence-corrected chi connectivity index (χ4v) is 2.24. The van der Waals surface area contributed by atoms with Gasteiger partial charge in [0.25, 0.3) is 5.91 Å². The highest BCUT2D eigenvalue weighted by Gasteiger charge is 2.29. The van der Waals surface area contributed by atoms with E-state index in [0.717, 1.165) is 5.56 Å². The Morgan fingerprint density at radius 1 is 1.08 bits per heavy atom. The molecule has 1 amide bonds. The van der Waals surface area contributed by atoms with E-state index in [1.54, 1.807) is 62.4 Å². The van der Waals surface area contributed by atoms with Gasteiger partial charge in [-0.25, -0.2) is 0 Å². The SMILES string of the molecule is CC(=O)c1ccc(C#CCNC(=O)C(C)(C)Oc2ccc(Cl)cc2)cc1. The normalized spacial score (nSPS) is 10.5. The summed E-state index contributed by atoms with van der Waals surface area (Å²) in [7, 11) is 0. The molecule has 5 heteroatoms. The Labute approximate surface area is 158 Å². The first-order valence-corrected chi connectivity index (χ1v) is 8.48. The molecule has 0 aliphatic rings. The predicted molar refractivity (Wildman–Crippen MR) is 102 cm³/mol. The maximum absolute atomic E-state index is 12.3. The van der Waals surface area contributed by atoms with E-state index < -0.39 is 5.60 Å². The molecule has 4 nitrogen and oxygen atoms in total. The first kappa shape index (κ1) is 19.6. The summed E-state index contributed by atoms with van der Waals surface area (Å²) < 4.78 is 5.72. The predicted octanol–water partition coefficient (Wildman–Crippen LogP) is 3.87. The number of Topliss-reactive ketones (excluding diaryl/α,β-unsaturated/α-hetero) is 1. The number of ether oxygens (including phenoxy) is 1. The van der Waals surface area contributed by atoms with Gasteiger partial charge in [0.05, 0.1) is 6.54 Å². The zero-order valence-corrected chi connectivity index (χ0v) is 15.7. The highest BCUT2D eigenvalue weighted by atomic mass is 35.5. The van der Waals surface area contributed by atoms with E-state index in [-0.39, 0.29) is 18.2 Å². The first-order valence-electron chi connectivity index (χ1n) is 8.11. The Morgan fingerprint density at radius 3 is 2.27 bits per heavy atom. The van der Waals surface area contributed by atoms with Crippen molar-refractivity contribution >= 4 is 23.3 Å². The summed E-state index contributed by atoms with van der Waals surface area (Å²) in [4.78, 5) is 23.5. The van der Waals surface area contributed by atoms with E-state index in [4.69, 9.17) is 16.3 Å². The lowest BCUT2D eigenvalue weighted by molar-refractivity contribution is -0.133. The third kappa shape index (κ3) is 5.65. The molecule has 0 bridgehead atoms. The van der Waals surface area contributed by atoms with E-state index in [9.17, 15) is 9.59 Å². The van der Waals surface area contributed by atoms with Crippen LogP contribution in [0.15, 0.2) is 48.5 Å². The van der Waals surface area contributed by atoms with Gasteiger partial charge in [-0.2, -0.15) is 0 Å². The van der Waals surface area contributed by atoms with Crippen LogP contribution in [-0.4, -0.2) is 23.8 Å². The van der Waals surface area contributed by atoms with Gasteiger partial charge in [-0.1, -0.05) is 35.6 Å². The summed E-state index contributed by atoms with van der Waals surface area (Å²) in [5.41, 5.74) is 0.379. The van der Waals surface area contributed by atoms with Crippen LogP contribution in [0.1, 0.15) is 36.7 Å². The molecule has 0 aromatic heterocycles. The molecule has 1 N–H and O–H groups in total. The van der Waals surface area contributed by atoms with Crippen molar-refractivity contribution in [1.82, 2.24) is 5.32 Å². The van der Waals surface area contributed by atoms with Crippen molar-refractivity contribution in [3.8, 4) is 17.6 Å². The van der Waals surface area contributed by atoms with E-state index in [2.05, 4.69) is 17.2 Å². The van der Waals surface area contributed by atoms with Gasteiger partial charge < -0.3 is 10.1 Å². The second-order valence-electron chi connectivity index (χ2n) is 6.18. The summed E-state index contributed by atoms with van der Waals surface area (Å²) in [6, 6.07) is 13.8. The molecular formula is C21H20ClNO3. The fraction of sp³-hybridized carbons (Fsp3) is 0.238. The maximum atomic E-state index is 12.3. The average Bonchev–Trinajstić information content (AvgIpc) is 2.60. The number of amides is 1. The largest absolute Gasteiger partial charge is 0.478 e. The van der Waals surface area contributed by atoms with Crippen LogP contribution in [-0.2, 0) is 4.79 Å². The number of halogens is 1. The molecule has 0 spiro atoms. The highest BCUT2D eigenvalue weighted by molar-refractivity contribution is 6.30. The minimum absolute atomic E-state index is 0.0136. The molecule has 2 aromatic carbocycles. The van der Waals surface area contributed by atoms with Crippen molar-refractivity contribution in [2.75, 3.05) is 6.54 Å². The zero-order valence-electron chi connectivity index (χ0n) is 14.9. The molecule has 0 saturated heterocycles. The molecule has 0 atom stereocenters. The summed E-state index contributed by atoms with van der Waals surface area (Å²) in [6.45, 7) is 5.08. The van der Waals surface area contributed by atoms with Gasteiger partial charge in [0.1, 0.15) is 5.75 Å². The summed E-state index contributed by atoms with van der Waals surface area (Å²) in [5.74, 6) is 6.13. The Morgan fingerprint density at radius 2 is 1.69 bits per heavy atom. The van der Waals surface area contributed by atoms with Crippen molar-refractivity contribution in [2.45, 2.75) is 26.4 Å². The Bertz CT molecular complexity index is 844. The van der Waals surface area contributed by atoms with Gasteiger partial charge >= 0.3 is 0 Å². The minimum atomic E-state index is -1.04. The number of carbonyl (C=O) groups is 2. The van der Waals surface area contributed by atoms with Crippen LogP contribution in [0.25, 0.3) is 0 Å². The van der Waals surface area contributed by atoms with E-state index in [1.165, 1.54) is 6.92 Å². The number of benzene rings is 2. The molecule has 134 valence electrons. The van der Waals surface area contributed by atoms with Crippen LogP contribution in [0.4, 0.5) is 0 Å². The number of hydrogen-bond donors (Lipinski definition) is 1. The maximum Gasteiger partial charge on any atom is 0.264 e. The molecule has 0 unspecified atom stereocenters. The Hall–Kier alpha value is -2.77. The standard InChI is InChI=1S/C21H20ClNO3/c1-15(24)17-8-6-16(7-9-17)5-4-14-23-20(25)21(2,3)26-19-12-10-18(22)11-13-19/h6-13H,14H2,1-3H3,(H,23,25). The topological polar surface area (TPSA) is 55.4 Å². The number of nitrogens with one attached hydrogen (secondary N) is 1. The Kier molecular flexibility index (Phi) is 6.43. The van der Waals surface area contributed by atoms with Gasteiger partial charge in [0.2, 0.25) is 0 Å². The molecule has 0 saturated carbocycles. The monoisotopic (exact) mass is 369 g/mol. The molecular weight excluding hydrogens is 350 g/mol. The van der Waals surface area contributed by atoms with Crippen molar-refractivity contribution in [3.63, 3.8) is 0 Å². The van der Waals surface area contributed by atoms with Crippen molar-refractivity contribution < 1.29 is 14.3 Å². The van der Waals surface area contributed by atoms with Crippen LogP contribution in [0.5, 0.6) is 5.75 Å². The summed E-state index contributed by atoms with van der Waals surface area (Å²) in [6.07, 6.45) is 0. The number of rotatable bonds is 5. The second kappa shape index (κ2) is 8.55. The molecule has 0 radical (unpaired) electrons. The van der Waals surface area contributed by atoms with Crippen LogP contribution >= 0.6 is 11.6 Å². The molecule has 0 heterocycles. The highest BCUT2D eigenvalue weighted by Crippen LogP contribution is 2.20. The number of carbonyl (C=O) groups excluding carboxylic acids is 2. The molecule has 2 aromatic rings. The van der Waals surface area contributed by atoms with Crippen molar-refractivity contribution in [3.05, 3.63) is 64.7 Å². The molecule has 26 heavy (non-hydrogen) atoms. The number of ketones is 1. The second-order valence-corrected chi connectivity index (χ2v) is 6.62. The van der Waals surface area contributed by atoms with Gasteiger partial charge in [-0.05, 0) is 57.2 Å². The zero-order chi connectivity index (χ0) is 19.2. The van der Waals surface area contributed by atoms with Crippen LogP contribution in [0.2, 0.25) is 5.02 Å². The van der Waals surface area contributed by atoms with E-state index >= 15 is 0 Å². The lowest BCUT2D eigenvalue weighted by Crippen LogP contribution is -2.46. The third-order valence-electron chi connectivity index (χ3n) is 3.59. The quantitative estimate of drug-likeness (QED) is 0.643. The van der Waals surface area contributed by atoms with Crippen LogP contribution in [0, 0.1) is 11.8 Å². The summed E-state index contributed by atoms with van der Waals surface area (Å²) >= 11 is 5.84. The average molecular weight is 370 g/mol. The number of hydrogen-bond acceptors (Lipinski definition) is 3. The Balaban J connectivity index is 1.89.